The van der Waals surface area contributed by atoms with Crippen LogP contribution in [0.3, 0.4) is 0 Å². The fourth-order valence-corrected chi connectivity index (χ4v) is 3.15. The summed E-state index contributed by atoms with van der Waals surface area (Å²) < 4.78 is 1.48. The summed E-state index contributed by atoms with van der Waals surface area (Å²) >= 11 is 0. The maximum atomic E-state index is 12.4. The predicted octanol–water partition coefficient (Wildman–Crippen LogP) is 4.49. The molecule has 132 valence electrons. The zero-order chi connectivity index (χ0) is 18.8. The van der Waals surface area contributed by atoms with E-state index in [1.807, 2.05) is 72.8 Å². The zero-order valence-electron chi connectivity index (χ0n) is 14.4. The Balaban J connectivity index is 1.73. The number of primary amides is 1. The topological polar surface area (TPSA) is 77.1 Å². The lowest BCUT2D eigenvalue weighted by atomic mass is 10.1. The van der Waals surface area contributed by atoms with Crippen molar-refractivity contribution in [1.82, 2.24) is 4.57 Å². The molecule has 1 aromatic heterocycles. The third-order valence-corrected chi connectivity index (χ3v) is 4.38. The summed E-state index contributed by atoms with van der Waals surface area (Å²) in [5.74, 6) is -0.191. The molecule has 2 amide bonds. The van der Waals surface area contributed by atoms with E-state index in [0.29, 0.717) is 16.9 Å². The van der Waals surface area contributed by atoms with Gasteiger partial charge in [0, 0.05) is 22.2 Å². The molecule has 0 aliphatic heterocycles. The summed E-state index contributed by atoms with van der Waals surface area (Å²) in [4.78, 5) is 24.4. The van der Waals surface area contributed by atoms with E-state index < -0.39 is 6.03 Å². The number of aromatic nitrogens is 1. The Labute approximate surface area is 156 Å². The fraction of sp³-hybridized carbons (Fsp3) is 0. The Hall–Kier alpha value is -3.86. The van der Waals surface area contributed by atoms with Crippen molar-refractivity contribution in [2.45, 2.75) is 0 Å². The number of carbonyl (C=O) groups is 2. The van der Waals surface area contributed by atoms with Gasteiger partial charge in [0.25, 0.3) is 5.91 Å². The number of benzene rings is 3. The van der Waals surface area contributed by atoms with Crippen molar-refractivity contribution in [2.24, 2.45) is 5.73 Å². The van der Waals surface area contributed by atoms with E-state index in [1.165, 1.54) is 4.57 Å². The first-order chi connectivity index (χ1) is 13.1. The fourth-order valence-electron chi connectivity index (χ4n) is 3.15. The minimum absolute atomic E-state index is 0.191. The van der Waals surface area contributed by atoms with E-state index in [2.05, 4.69) is 5.32 Å². The van der Waals surface area contributed by atoms with Crippen LogP contribution in [0, 0.1) is 0 Å². The summed E-state index contributed by atoms with van der Waals surface area (Å²) in [5.41, 5.74) is 9.05. The summed E-state index contributed by atoms with van der Waals surface area (Å²) in [6.07, 6.45) is 0. The Bertz CT molecular complexity index is 1150. The zero-order valence-corrected chi connectivity index (χ0v) is 14.4. The molecule has 0 aliphatic carbocycles. The summed E-state index contributed by atoms with van der Waals surface area (Å²) in [6, 6.07) is 25.3. The number of rotatable bonds is 3. The molecule has 3 N–H and O–H groups in total. The summed E-state index contributed by atoms with van der Waals surface area (Å²) in [5, 5.41) is 3.81. The van der Waals surface area contributed by atoms with Crippen molar-refractivity contribution < 1.29 is 9.59 Å². The van der Waals surface area contributed by atoms with Crippen molar-refractivity contribution in [1.29, 1.82) is 0 Å². The molecule has 4 rings (SSSR count). The quantitative estimate of drug-likeness (QED) is 0.568. The molecule has 0 saturated carbocycles. The standard InChI is InChI=1S/C22H17N3O2/c23-22(27)25-19-12-5-4-9-17(19)14-20(25)16-10-6-11-18(13-16)24-21(26)15-7-2-1-3-8-15/h1-14H,(H2,23,27)(H,24,26). The van der Waals surface area contributed by atoms with Gasteiger partial charge in [-0.25, -0.2) is 4.79 Å². The van der Waals surface area contributed by atoms with E-state index in [9.17, 15) is 9.59 Å². The molecule has 27 heavy (non-hydrogen) atoms. The van der Waals surface area contributed by atoms with Crippen molar-refractivity contribution >= 4 is 28.5 Å². The van der Waals surface area contributed by atoms with Gasteiger partial charge in [-0.15, -0.1) is 0 Å². The lowest BCUT2D eigenvalue weighted by Gasteiger charge is -2.09. The normalized spacial score (nSPS) is 10.7. The minimum Gasteiger partial charge on any atom is -0.351 e. The van der Waals surface area contributed by atoms with Crippen molar-refractivity contribution in [3.8, 4) is 11.3 Å². The van der Waals surface area contributed by atoms with E-state index in [0.717, 1.165) is 16.5 Å². The molecule has 5 heteroatoms. The lowest BCUT2D eigenvalue weighted by Crippen LogP contribution is -2.20. The van der Waals surface area contributed by atoms with Crippen LogP contribution in [-0.4, -0.2) is 16.5 Å². The SMILES string of the molecule is NC(=O)n1c(-c2cccc(NC(=O)c3ccccc3)c2)cc2ccccc21. The number of anilines is 1. The molecule has 4 aromatic rings. The van der Waals surface area contributed by atoms with Crippen LogP contribution in [0.5, 0.6) is 0 Å². The number of para-hydroxylation sites is 1. The first-order valence-electron chi connectivity index (χ1n) is 8.50. The Morgan fingerprint density at radius 3 is 2.33 bits per heavy atom. The lowest BCUT2D eigenvalue weighted by molar-refractivity contribution is 0.102. The molecule has 0 radical (unpaired) electrons. The monoisotopic (exact) mass is 355 g/mol. The van der Waals surface area contributed by atoms with Crippen molar-refractivity contribution in [3.63, 3.8) is 0 Å². The number of hydrogen-bond acceptors (Lipinski definition) is 2. The molecule has 0 aliphatic rings. The molecule has 0 atom stereocenters. The van der Waals surface area contributed by atoms with E-state index in [1.54, 1.807) is 12.1 Å². The third-order valence-electron chi connectivity index (χ3n) is 4.38. The Morgan fingerprint density at radius 1 is 0.815 bits per heavy atom. The van der Waals surface area contributed by atoms with Crippen molar-refractivity contribution in [2.75, 3.05) is 5.32 Å². The molecule has 0 saturated heterocycles. The van der Waals surface area contributed by atoms with Gasteiger partial charge < -0.3 is 11.1 Å². The smallest absolute Gasteiger partial charge is 0.323 e. The van der Waals surface area contributed by atoms with Gasteiger partial charge in [-0.05, 0) is 36.4 Å². The van der Waals surface area contributed by atoms with E-state index in [4.69, 9.17) is 5.73 Å². The summed E-state index contributed by atoms with van der Waals surface area (Å²) in [7, 11) is 0. The highest BCUT2D eigenvalue weighted by atomic mass is 16.2. The average molecular weight is 355 g/mol. The highest BCUT2D eigenvalue weighted by Gasteiger charge is 2.15. The second-order valence-corrected chi connectivity index (χ2v) is 6.16. The number of carbonyl (C=O) groups excluding carboxylic acids is 2. The van der Waals surface area contributed by atoms with Gasteiger partial charge in [-0.2, -0.15) is 0 Å². The number of nitrogens with zero attached hydrogens (tertiary/aromatic N) is 1. The van der Waals surface area contributed by atoms with Gasteiger partial charge in [0.15, 0.2) is 0 Å². The van der Waals surface area contributed by atoms with E-state index >= 15 is 0 Å². The molecular weight excluding hydrogens is 338 g/mol. The van der Waals surface area contributed by atoms with E-state index in [-0.39, 0.29) is 5.91 Å². The largest absolute Gasteiger partial charge is 0.351 e. The van der Waals surface area contributed by atoms with Crippen LogP contribution in [0.25, 0.3) is 22.2 Å². The minimum atomic E-state index is -0.551. The number of amides is 2. The highest BCUT2D eigenvalue weighted by molar-refractivity contribution is 6.04. The Morgan fingerprint density at radius 2 is 1.56 bits per heavy atom. The van der Waals surface area contributed by atoms with Gasteiger partial charge in [-0.1, -0.05) is 48.5 Å². The van der Waals surface area contributed by atoms with Crippen LogP contribution in [0.2, 0.25) is 0 Å². The summed E-state index contributed by atoms with van der Waals surface area (Å²) in [6.45, 7) is 0. The van der Waals surface area contributed by atoms with Crippen LogP contribution >= 0.6 is 0 Å². The molecular formula is C22H17N3O2. The number of fused-ring (bicyclic) bond motifs is 1. The van der Waals surface area contributed by atoms with Gasteiger partial charge in [0.2, 0.25) is 0 Å². The van der Waals surface area contributed by atoms with Gasteiger partial charge in [0.05, 0.1) is 11.2 Å². The molecule has 0 fully saturated rings. The van der Waals surface area contributed by atoms with Crippen LogP contribution in [0.15, 0.2) is 84.9 Å². The molecule has 0 unspecified atom stereocenters. The van der Waals surface area contributed by atoms with Crippen LogP contribution in [0.4, 0.5) is 10.5 Å². The second kappa shape index (κ2) is 6.80. The van der Waals surface area contributed by atoms with Gasteiger partial charge in [-0.3, -0.25) is 9.36 Å². The number of nitrogens with two attached hydrogens (primary N) is 1. The van der Waals surface area contributed by atoms with Gasteiger partial charge in [0.1, 0.15) is 0 Å². The maximum absolute atomic E-state index is 12.4. The molecule has 3 aromatic carbocycles. The van der Waals surface area contributed by atoms with Gasteiger partial charge >= 0.3 is 6.03 Å². The average Bonchev–Trinajstić information content (AvgIpc) is 3.09. The van der Waals surface area contributed by atoms with Crippen LogP contribution < -0.4 is 11.1 Å². The molecule has 0 spiro atoms. The predicted molar refractivity (Wildman–Crippen MR) is 107 cm³/mol. The van der Waals surface area contributed by atoms with Crippen LogP contribution in [0.1, 0.15) is 10.4 Å². The first kappa shape index (κ1) is 16.6. The molecule has 1 heterocycles. The first-order valence-corrected chi connectivity index (χ1v) is 8.50. The van der Waals surface area contributed by atoms with Crippen molar-refractivity contribution in [3.05, 3.63) is 90.5 Å². The number of hydrogen-bond donors (Lipinski definition) is 2. The third kappa shape index (κ3) is 3.18. The van der Waals surface area contributed by atoms with Crippen LogP contribution in [-0.2, 0) is 0 Å². The number of nitrogens with one attached hydrogen (secondary N) is 1. The second-order valence-electron chi connectivity index (χ2n) is 6.16. The highest BCUT2D eigenvalue weighted by Crippen LogP contribution is 2.29. The molecule has 5 nitrogen and oxygen atoms in total. The molecule has 0 bridgehead atoms. The maximum Gasteiger partial charge on any atom is 0.323 e. The Kier molecular flexibility index (Phi) is 4.18.